The van der Waals surface area contributed by atoms with Gasteiger partial charge in [0.25, 0.3) is 0 Å². The molecular weight excluding hydrogens is 673 g/mol. The third-order valence-electron chi connectivity index (χ3n) is 10.8. The van der Waals surface area contributed by atoms with E-state index in [0.29, 0.717) is 19.3 Å². The van der Waals surface area contributed by atoms with Gasteiger partial charge in [-0.25, -0.2) is 0 Å². The fourth-order valence-electron chi connectivity index (χ4n) is 7.16. The number of carbonyl (C=O) groups excluding carboxylic acids is 3. The number of rotatable bonds is 43. The van der Waals surface area contributed by atoms with Crippen LogP contribution in [0.5, 0.6) is 0 Å². The highest BCUT2D eigenvalue weighted by atomic mass is 16.6. The maximum atomic E-state index is 12.7. The average molecular weight is 765 g/mol. The summed E-state index contributed by atoms with van der Waals surface area (Å²) in [6.45, 7) is 8.92. The third kappa shape index (κ3) is 41.6. The summed E-state index contributed by atoms with van der Waals surface area (Å²) in [4.78, 5) is 37.6. The van der Waals surface area contributed by atoms with E-state index in [0.717, 1.165) is 63.7 Å². The van der Waals surface area contributed by atoms with Crippen LogP contribution in [0.3, 0.4) is 0 Å². The molecule has 0 spiro atoms. The maximum absolute atomic E-state index is 12.7. The first kappa shape index (κ1) is 52.4. The van der Waals surface area contributed by atoms with Crippen LogP contribution in [0.1, 0.15) is 265 Å². The molecule has 0 fully saturated rings. The molecule has 320 valence electrons. The van der Waals surface area contributed by atoms with Crippen LogP contribution in [0.15, 0.2) is 0 Å². The molecule has 6 heteroatoms. The van der Waals surface area contributed by atoms with E-state index in [-0.39, 0.29) is 31.1 Å². The molecule has 0 aromatic heterocycles. The van der Waals surface area contributed by atoms with Gasteiger partial charge in [-0.15, -0.1) is 0 Å². The van der Waals surface area contributed by atoms with Crippen molar-refractivity contribution in [2.75, 3.05) is 13.2 Å². The van der Waals surface area contributed by atoms with Crippen LogP contribution in [-0.2, 0) is 28.6 Å². The number of esters is 3. The standard InChI is InChI=1S/C48H92O6/c1-5-7-9-11-13-15-16-17-18-19-20-21-22-23-25-27-32-36-40-47(50)53-43-45(54-48(51)41-37-33-29-28-30-34-38-44(3)4)42-52-46(49)39-35-31-26-24-14-12-10-8-6-2/h44-45H,5-43H2,1-4H3/t45-/m0/s1. The second-order valence-electron chi connectivity index (χ2n) is 16.9. The Morgan fingerprint density at radius 2 is 0.611 bits per heavy atom. The summed E-state index contributed by atoms with van der Waals surface area (Å²) < 4.78 is 16.7. The lowest BCUT2D eigenvalue weighted by Gasteiger charge is -2.18. The molecule has 0 amide bonds. The molecule has 0 N–H and O–H groups in total. The first-order valence-corrected chi connectivity index (χ1v) is 23.9. The molecule has 0 heterocycles. The van der Waals surface area contributed by atoms with Crippen LogP contribution >= 0.6 is 0 Å². The van der Waals surface area contributed by atoms with E-state index in [1.165, 1.54) is 161 Å². The Morgan fingerprint density at radius 1 is 0.352 bits per heavy atom. The zero-order valence-corrected chi connectivity index (χ0v) is 36.7. The zero-order valence-electron chi connectivity index (χ0n) is 36.7. The van der Waals surface area contributed by atoms with Gasteiger partial charge >= 0.3 is 17.9 Å². The molecule has 0 aliphatic heterocycles. The van der Waals surface area contributed by atoms with Gasteiger partial charge in [-0.2, -0.15) is 0 Å². The molecule has 0 saturated carbocycles. The van der Waals surface area contributed by atoms with Crippen LogP contribution in [0.4, 0.5) is 0 Å². The van der Waals surface area contributed by atoms with Crippen molar-refractivity contribution in [2.24, 2.45) is 5.92 Å². The Hall–Kier alpha value is -1.59. The zero-order chi connectivity index (χ0) is 39.6. The summed E-state index contributed by atoms with van der Waals surface area (Å²) >= 11 is 0. The van der Waals surface area contributed by atoms with E-state index >= 15 is 0 Å². The van der Waals surface area contributed by atoms with Gasteiger partial charge in [-0.3, -0.25) is 14.4 Å². The predicted molar refractivity (Wildman–Crippen MR) is 229 cm³/mol. The highest BCUT2D eigenvalue weighted by molar-refractivity contribution is 5.71. The third-order valence-corrected chi connectivity index (χ3v) is 10.8. The van der Waals surface area contributed by atoms with E-state index in [9.17, 15) is 14.4 Å². The fourth-order valence-corrected chi connectivity index (χ4v) is 7.16. The highest BCUT2D eigenvalue weighted by Gasteiger charge is 2.19. The van der Waals surface area contributed by atoms with Gasteiger partial charge in [0.05, 0.1) is 0 Å². The number of hydrogen-bond donors (Lipinski definition) is 0. The monoisotopic (exact) mass is 765 g/mol. The van der Waals surface area contributed by atoms with Gasteiger partial charge in [-0.1, -0.05) is 227 Å². The molecule has 0 saturated heterocycles. The first-order valence-electron chi connectivity index (χ1n) is 23.9. The van der Waals surface area contributed by atoms with Crippen molar-refractivity contribution in [3.63, 3.8) is 0 Å². The molecule has 0 unspecified atom stereocenters. The molecular formula is C48H92O6. The molecule has 0 radical (unpaired) electrons. The Morgan fingerprint density at radius 3 is 0.907 bits per heavy atom. The van der Waals surface area contributed by atoms with Crippen LogP contribution in [0.2, 0.25) is 0 Å². The fraction of sp³-hybridized carbons (Fsp3) is 0.938. The quantitative estimate of drug-likeness (QED) is 0.0349. The number of carbonyl (C=O) groups is 3. The molecule has 6 nitrogen and oxygen atoms in total. The topological polar surface area (TPSA) is 78.9 Å². The lowest BCUT2D eigenvalue weighted by atomic mass is 10.0. The maximum Gasteiger partial charge on any atom is 0.306 e. The van der Waals surface area contributed by atoms with Crippen molar-refractivity contribution < 1.29 is 28.6 Å². The number of ether oxygens (including phenoxy) is 3. The normalized spacial score (nSPS) is 11.9. The Labute approximate surface area is 336 Å². The second-order valence-corrected chi connectivity index (χ2v) is 16.9. The largest absolute Gasteiger partial charge is 0.462 e. The van der Waals surface area contributed by atoms with E-state index in [4.69, 9.17) is 14.2 Å². The van der Waals surface area contributed by atoms with Gasteiger partial charge in [0.2, 0.25) is 0 Å². The lowest BCUT2D eigenvalue weighted by molar-refractivity contribution is -0.167. The summed E-state index contributed by atoms with van der Waals surface area (Å²) in [6.07, 6.45) is 42.5. The van der Waals surface area contributed by atoms with Gasteiger partial charge in [-0.05, 0) is 25.2 Å². The molecule has 0 bridgehead atoms. The van der Waals surface area contributed by atoms with Crippen molar-refractivity contribution >= 4 is 17.9 Å². The Bertz CT molecular complexity index is 811. The minimum Gasteiger partial charge on any atom is -0.462 e. The van der Waals surface area contributed by atoms with Crippen molar-refractivity contribution in [1.82, 2.24) is 0 Å². The molecule has 0 aliphatic rings. The molecule has 0 aromatic rings. The first-order chi connectivity index (χ1) is 26.4. The van der Waals surface area contributed by atoms with Crippen molar-refractivity contribution in [3.05, 3.63) is 0 Å². The van der Waals surface area contributed by atoms with Gasteiger partial charge < -0.3 is 14.2 Å². The van der Waals surface area contributed by atoms with Crippen LogP contribution in [0, 0.1) is 5.92 Å². The number of hydrogen-bond acceptors (Lipinski definition) is 6. The Balaban J connectivity index is 4.19. The lowest BCUT2D eigenvalue weighted by Crippen LogP contribution is -2.30. The molecule has 0 rings (SSSR count). The van der Waals surface area contributed by atoms with Crippen molar-refractivity contribution in [1.29, 1.82) is 0 Å². The minimum atomic E-state index is -0.759. The Kier molecular flexibility index (Phi) is 41.3. The summed E-state index contributed by atoms with van der Waals surface area (Å²) in [5.41, 5.74) is 0. The van der Waals surface area contributed by atoms with Crippen molar-refractivity contribution in [2.45, 2.75) is 271 Å². The molecule has 54 heavy (non-hydrogen) atoms. The van der Waals surface area contributed by atoms with Gasteiger partial charge in [0.1, 0.15) is 13.2 Å². The van der Waals surface area contributed by atoms with Crippen LogP contribution in [0.25, 0.3) is 0 Å². The molecule has 0 aromatic carbocycles. The number of unbranched alkanes of at least 4 members (excludes halogenated alkanes) is 30. The summed E-state index contributed by atoms with van der Waals surface area (Å²) in [6, 6.07) is 0. The molecule has 1 atom stereocenters. The summed E-state index contributed by atoms with van der Waals surface area (Å²) in [5.74, 6) is -0.100. The van der Waals surface area contributed by atoms with E-state index in [1.54, 1.807) is 0 Å². The second kappa shape index (κ2) is 42.6. The highest BCUT2D eigenvalue weighted by Crippen LogP contribution is 2.16. The van der Waals surface area contributed by atoms with Crippen LogP contribution < -0.4 is 0 Å². The van der Waals surface area contributed by atoms with Crippen LogP contribution in [-0.4, -0.2) is 37.2 Å². The smallest absolute Gasteiger partial charge is 0.306 e. The van der Waals surface area contributed by atoms with E-state index in [2.05, 4.69) is 27.7 Å². The van der Waals surface area contributed by atoms with E-state index in [1.807, 2.05) is 0 Å². The molecule has 0 aliphatic carbocycles. The van der Waals surface area contributed by atoms with E-state index < -0.39 is 6.10 Å². The van der Waals surface area contributed by atoms with Gasteiger partial charge in [0, 0.05) is 19.3 Å². The van der Waals surface area contributed by atoms with Gasteiger partial charge in [0.15, 0.2) is 6.10 Å². The SMILES string of the molecule is CCCCCCCCCCCCCCCCCCCCC(=O)OC[C@H](COC(=O)CCCCCCCCCCC)OC(=O)CCCCCCCCC(C)C. The van der Waals surface area contributed by atoms with Crippen molar-refractivity contribution in [3.8, 4) is 0 Å². The minimum absolute atomic E-state index is 0.0647. The average Bonchev–Trinajstić information content (AvgIpc) is 3.15. The summed E-state index contributed by atoms with van der Waals surface area (Å²) in [5, 5.41) is 0. The predicted octanol–water partition coefficient (Wildman–Crippen LogP) is 15.1. The summed E-state index contributed by atoms with van der Waals surface area (Å²) in [7, 11) is 0.